The summed E-state index contributed by atoms with van der Waals surface area (Å²) in [5, 5.41) is 10.3. The fourth-order valence-electron chi connectivity index (χ4n) is 3.22. The predicted molar refractivity (Wildman–Crippen MR) is 112 cm³/mol. The molecule has 3 rings (SSSR count). The second-order valence-electron chi connectivity index (χ2n) is 6.56. The first-order valence-electron chi connectivity index (χ1n) is 9.37. The van der Waals surface area contributed by atoms with Gasteiger partial charge in [-0.15, -0.1) is 0 Å². The molecule has 1 aliphatic rings. The maximum Gasteiger partial charge on any atom is 0.338 e. The lowest BCUT2D eigenvalue weighted by Gasteiger charge is -2.26. The summed E-state index contributed by atoms with van der Waals surface area (Å²) in [5.41, 5.74) is 7.90. The third-order valence-electron chi connectivity index (χ3n) is 4.67. The van der Waals surface area contributed by atoms with E-state index in [2.05, 4.69) is 6.07 Å². The van der Waals surface area contributed by atoms with Gasteiger partial charge in [0.2, 0.25) is 5.88 Å². The Morgan fingerprint density at radius 1 is 1.23 bits per heavy atom. The number of nitriles is 1. The first-order chi connectivity index (χ1) is 14.5. The van der Waals surface area contributed by atoms with Crippen molar-refractivity contribution in [2.75, 3.05) is 6.61 Å². The highest BCUT2D eigenvalue weighted by Gasteiger charge is 2.36. The maximum absolute atomic E-state index is 12.5. The second-order valence-corrected chi connectivity index (χ2v) is 6.97. The van der Waals surface area contributed by atoms with Crippen molar-refractivity contribution in [3.05, 3.63) is 87.5 Å². The van der Waals surface area contributed by atoms with Crippen LogP contribution in [0.15, 0.2) is 71.3 Å². The van der Waals surface area contributed by atoms with E-state index in [9.17, 15) is 10.1 Å². The van der Waals surface area contributed by atoms with E-state index in [1.54, 1.807) is 44.2 Å². The molecule has 1 atom stereocenters. The molecule has 2 aromatic rings. The van der Waals surface area contributed by atoms with Crippen LogP contribution in [0.25, 0.3) is 0 Å². The number of carbonyl (C=O) groups is 1. The minimum atomic E-state index is -0.680. The molecule has 0 spiro atoms. The molecule has 0 aliphatic carbocycles. The molecular weight excluding hydrogens is 404 g/mol. The number of ether oxygens (including phenoxy) is 3. The number of carbonyl (C=O) groups excluding carboxylic acids is 1. The van der Waals surface area contributed by atoms with Gasteiger partial charge in [0, 0.05) is 10.6 Å². The Hall–Kier alpha value is -3.43. The van der Waals surface area contributed by atoms with Crippen LogP contribution < -0.4 is 10.5 Å². The molecule has 30 heavy (non-hydrogen) atoms. The molecule has 0 unspecified atom stereocenters. The summed E-state index contributed by atoms with van der Waals surface area (Å²) >= 11 is 6.16. The zero-order chi connectivity index (χ0) is 21.7. The second kappa shape index (κ2) is 9.38. The number of rotatable bonds is 6. The van der Waals surface area contributed by atoms with Crippen LogP contribution in [0.3, 0.4) is 0 Å². The summed E-state index contributed by atoms with van der Waals surface area (Å²) in [7, 11) is 0. The van der Waals surface area contributed by atoms with Gasteiger partial charge in [0.1, 0.15) is 29.8 Å². The highest BCUT2D eigenvalue weighted by Crippen LogP contribution is 2.40. The van der Waals surface area contributed by atoms with Gasteiger partial charge in [0.15, 0.2) is 0 Å². The Labute approximate surface area is 180 Å². The normalized spacial score (nSPS) is 16.0. The van der Waals surface area contributed by atoms with Crippen molar-refractivity contribution < 1.29 is 19.0 Å². The van der Waals surface area contributed by atoms with Crippen molar-refractivity contribution in [3.63, 3.8) is 0 Å². The molecule has 0 saturated carbocycles. The molecular formula is C23H21ClN2O4. The third kappa shape index (κ3) is 4.42. The lowest BCUT2D eigenvalue weighted by Crippen LogP contribution is -2.25. The molecule has 0 aromatic heterocycles. The monoisotopic (exact) mass is 424 g/mol. The Kier molecular flexibility index (Phi) is 6.65. The van der Waals surface area contributed by atoms with Crippen molar-refractivity contribution in [3.8, 4) is 11.8 Å². The van der Waals surface area contributed by atoms with Crippen molar-refractivity contribution in [2.24, 2.45) is 5.73 Å². The van der Waals surface area contributed by atoms with Crippen LogP contribution in [0.5, 0.6) is 5.75 Å². The lowest BCUT2D eigenvalue weighted by atomic mass is 9.83. The molecule has 2 N–H and O–H groups in total. The quantitative estimate of drug-likeness (QED) is 0.683. The smallest absolute Gasteiger partial charge is 0.338 e. The van der Waals surface area contributed by atoms with Crippen LogP contribution in [0.4, 0.5) is 0 Å². The summed E-state index contributed by atoms with van der Waals surface area (Å²) in [6, 6.07) is 16.6. The first kappa shape index (κ1) is 21.3. The van der Waals surface area contributed by atoms with E-state index in [1.807, 2.05) is 18.2 Å². The summed E-state index contributed by atoms with van der Waals surface area (Å²) in [5.74, 6) is -0.305. The zero-order valence-electron chi connectivity index (χ0n) is 16.6. The van der Waals surface area contributed by atoms with E-state index in [1.165, 1.54) is 0 Å². The Balaban J connectivity index is 1.88. The SMILES string of the molecule is CCOC(=O)C1=C(C)OC(N)=C(C#N)[C@H]1c1ccc(OCc2ccccc2Cl)cc1. The molecule has 7 heteroatoms. The number of allylic oxidation sites excluding steroid dienone is 2. The van der Waals surface area contributed by atoms with E-state index < -0.39 is 11.9 Å². The Bertz CT molecular complexity index is 1050. The minimum absolute atomic E-state index is 0.0212. The van der Waals surface area contributed by atoms with Crippen molar-refractivity contribution in [1.82, 2.24) is 0 Å². The molecule has 0 radical (unpaired) electrons. The fourth-order valence-corrected chi connectivity index (χ4v) is 3.41. The van der Waals surface area contributed by atoms with Gasteiger partial charge in [-0.3, -0.25) is 0 Å². The zero-order valence-corrected chi connectivity index (χ0v) is 17.4. The standard InChI is InChI=1S/C23H21ClN2O4/c1-3-28-23(27)20-14(2)30-22(26)18(12-25)21(20)15-8-10-17(11-9-15)29-13-16-6-4-5-7-19(16)24/h4-11,21H,3,13,26H2,1-2H3/t21-/m1/s1. The van der Waals surface area contributed by atoms with Gasteiger partial charge < -0.3 is 19.9 Å². The molecule has 0 fully saturated rings. The minimum Gasteiger partial charge on any atom is -0.489 e. The topological polar surface area (TPSA) is 94.6 Å². The van der Waals surface area contributed by atoms with Gasteiger partial charge in [-0.1, -0.05) is 41.9 Å². The number of hydrogen-bond acceptors (Lipinski definition) is 6. The third-order valence-corrected chi connectivity index (χ3v) is 5.04. The van der Waals surface area contributed by atoms with Gasteiger partial charge in [0.05, 0.1) is 18.1 Å². The summed E-state index contributed by atoms with van der Waals surface area (Å²) in [6.45, 7) is 3.87. The average molecular weight is 425 g/mol. The van der Waals surface area contributed by atoms with Crippen molar-refractivity contribution in [2.45, 2.75) is 26.4 Å². The van der Waals surface area contributed by atoms with Crippen LogP contribution in [-0.2, 0) is 20.9 Å². The number of esters is 1. The van der Waals surface area contributed by atoms with Gasteiger partial charge >= 0.3 is 5.97 Å². The highest BCUT2D eigenvalue weighted by molar-refractivity contribution is 6.31. The molecule has 0 bridgehead atoms. The summed E-state index contributed by atoms with van der Waals surface area (Å²) in [6.07, 6.45) is 0. The maximum atomic E-state index is 12.5. The van der Waals surface area contributed by atoms with Gasteiger partial charge in [0.25, 0.3) is 0 Å². The fraction of sp³-hybridized carbons (Fsp3) is 0.217. The van der Waals surface area contributed by atoms with Crippen LogP contribution in [-0.4, -0.2) is 12.6 Å². The average Bonchev–Trinajstić information content (AvgIpc) is 2.73. The van der Waals surface area contributed by atoms with Gasteiger partial charge in [-0.05, 0) is 37.6 Å². The van der Waals surface area contributed by atoms with Gasteiger partial charge in [-0.25, -0.2) is 4.79 Å². The summed E-state index contributed by atoms with van der Waals surface area (Å²) < 4.78 is 16.4. The van der Waals surface area contributed by atoms with E-state index in [-0.39, 0.29) is 23.6 Å². The molecule has 154 valence electrons. The van der Waals surface area contributed by atoms with Crippen LogP contribution in [0.2, 0.25) is 5.02 Å². The predicted octanol–water partition coefficient (Wildman–Crippen LogP) is 4.56. The van der Waals surface area contributed by atoms with Crippen LogP contribution >= 0.6 is 11.6 Å². The number of halogens is 1. The number of nitrogens with zero attached hydrogens (tertiary/aromatic N) is 1. The number of hydrogen-bond donors (Lipinski definition) is 1. The number of nitrogens with two attached hydrogens (primary N) is 1. The molecule has 0 saturated heterocycles. The van der Waals surface area contributed by atoms with Crippen LogP contribution in [0, 0.1) is 11.3 Å². The van der Waals surface area contributed by atoms with Crippen molar-refractivity contribution in [1.29, 1.82) is 5.26 Å². The Morgan fingerprint density at radius 3 is 2.57 bits per heavy atom. The van der Waals surface area contributed by atoms with E-state index in [0.29, 0.717) is 28.7 Å². The van der Waals surface area contributed by atoms with E-state index in [4.69, 9.17) is 31.5 Å². The molecule has 0 amide bonds. The van der Waals surface area contributed by atoms with Crippen molar-refractivity contribution >= 4 is 17.6 Å². The molecule has 6 nitrogen and oxygen atoms in total. The molecule has 1 heterocycles. The summed E-state index contributed by atoms with van der Waals surface area (Å²) in [4.78, 5) is 12.5. The Morgan fingerprint density at radius 2 is 1.93 bits per heavy atom. The highest BCUT2D eigenvalue weighted by atomic mass is 35.5. The molecule has 1 aliphatic heterocycles. The van der Waals surface area contributed by atoms with E-state index >= 15 is 0 Å². The molecule has 2 aromatic carbocycles. The first-order valence-corrected chi connectivity index (χ1v) is 9.75. The largest absolute Gasteiger partial charge is 0.489 e. The van der Waals surface area contributed by atoms with E-state index in [0.717, 1.165) is 5.56 Å². The van der Waals surface area contributed by atoms with Gasteiger partial charge in [-0.2, -0.15) is 5.26 Å². The number of benzene rings is 2. The van der Waals surface area contributed by atoms with Crippen LogP contribution in [0.1, 0.15) is 30.9 Å². The lowest BCUT2D eigenvalue weighted by molar-refractivity contribution is -0.139.